The van der Waals surface area contributed by atoms with Crippen molar-refractivity contribution in [3.63, 3.8) is 0 Å². The molecule has 144 valence electrons. The monoisotopic (exact) mass is 401 g/mol. The number of benzene rings is 1. The quantitative estimate of drug-likeness (QED) is 0.552. The lowest BCUT2D eigenvalue weighted by atomic mass is 10.2. The van der Waals surface area contributed by atoms with E-state index in [1.807, 2.05) is 0 Å². The zero-order valence-electron chi connectivity index (χ0n) is 14.7. The van der Waals surface area contributed by atoms with Crippen LogP contribution in [0.1, 0.15) is 5.89 Å². The molecule has 0 radical (unpaired) electrons. The van der Waals surface area contributed by atoms with Crippen LogP contribution in [0.15, 0.2) is 68.5 Å². The lowest BCUT2D eigenvalue weighted by Gasteiger charge is -2.10. The maximum absolute atomic E-state index is 12.6. The van der Waals surface area contributed by atoms with Crippen LogP contribution in [-0.4, -0.2) is 23.8 Å². The highest BCUT2D eigenvalue weighted by atomic mass is 35.5. The van der Waals surface area contributed by atoms with E-state index >= 15 is 0 Å². The third-order valence-electron chi connectivity index (χ3n) is 3.88. The van der Waals surface area contributed by atoms with Crippen molar-refractivity contribution in [1.82, 2.24) is 23.8 Å². The van der Waals surface area contributed by atoms with Crippen LogP contribution < -0.4 is 17.1 Å². The number of rotatable bonds is 7. The predicted octanol–water partition coefficient (Wildman–Crippen LogP) is 1.30. The number of allylic oxidation sites excluding steroid dienone is 2. The van der Waals surface area contributed by atoms with Crippen molar-refractivity contribution >= 4 is 11.6 Å². The first kappa shape index (κ1) is 19.3. The minimum absolute atomic E-state index is 0.0167. The molecule has 0 aliphatic rings. The van der Waals surface area contributed by atoms with Crippen LogP contribution in [0.5, 0.6) is 0 Å². The Labute approximate surface area is 163 Å². The molecule has 3 rings (SSSR count). The molecule has 2 heterocycles. The van der Waals surface area contributed by atoms with Crippen molar-refractivity contribution < 1.29 is 4.52 Å². The van der Waals surface area contributed by atoms with Crippen LogP contribution in [0.4, 0.5) is 0 Å². The van der Waals surface area contributed by atoms with E-state index in [2.05, 4.69) is 23.3 Å². The summed E-state index contributed by atoms with van der Waals surface area (Å²) in [5.74, 6) is 0.238. The maximum Gasteiger partial charge on any atom is 0.337 e. The van der Waals surface area contributed by atoms with E-state index in [0.717, 1.165) is 13.7 Å². The van der Waals surface area contributed by atoms with Crippen molar-refractivity contribution in [1.29, 1.82) is 0 Å². The Balaban J connectivity index is 2.08. The molecule has 0 saturated heterocycles. The molecule has 0 spiro atoms. The molecule has 0 N–H and O–H groups in total. The van der Waals surface area contributed by atoms with E-state index in [-0.39, 0.29) is 31.3 Å². The lowest BCUT2D eigenvalue weighted by Crippen LogP contribution is -2.54. The molecule has 9 nitrogen and oxygen atoms in total. The van der Waals surface area contributed by atoms with Gasteiger partial charge in [0.1, 0.15) is 6.54 Å². The molecular weight excluding hydrogens is 386 g/mol. The van der Waals surface area contributed by atoms with Gasteiger partial charge in [-0.1, -0.05) is 41.0 Å². The van der Waals surface area contributed by atoms with Gasteiger partial charge < -0.3 is 4.52 Å². The highest BCUT2D eigenvalue weighted by molar-refractivity contribution is 6.33. The smallest absolute Gasteiger partial charge is 0.337 e. The average molecular weight is 402 g/mol. The largest absolute Gasteiger partial charge is 0.337 e. The van der Waals surface area contributed by atoms with Gasteiger partial charge in [-0.25, -0.2) is 28.1 Å². The number of nitrogens with zero attached hydrogens (tertiary/aromatic N) is 5. The van der Waals surface area contributed by atoms with Gasteiger partial charge in [-0.3, -0.25) is 0 Å². The summed E-state index contributed by atoms with van der Waals surface area (Å²) in [5, 5.41) is 4.27. The number of halogens is 1. The predicted molar refractivity (Wildman–Crippen MR) is 103 cm³/mol. The van der Waals surface area contributed by atoms with Crippen LogP contribution in [0, 0.1) is 0 Å². The standard InChI is InChI=1S/C18H16ClN5O4/c1-3-9-22-16(25)23(10-4-2)18(27)24(17(22)26)11-14-20-15(21-28-14)12-7-5-6-8-13(12)19/h3-8H,1-2,9-11H2. The molecule has 0 aliphatic heterocycles. The number of hydrogen-bond acceptors (Lipinski definition) is 6. The number of aromatic nitrogens is 5. The first-order valence-corrected chi connectivity index (χ1v) is 8.59. The molecule has 3 aromatic rings. The summed E-state index contributed by atoms with van der Waals surface area (Å²) in [7, 11) is 0. The lowest BCUT2D eigenvalue weighted by molar-refractivity contribution is 0.360. The second-order valence-corrected chi connectivity index (χ2v) is 6.13. The van der Waals surface area contributed by atoms with E-state index in [1.165, 1.54) is 12.2 Å². The first-order chi connectivity index (χ1) is 13.5. The SMILES string of the molecule is C=CCn1c(=O)n(CC=C)c(=O)n(Cc2nc(-c3ccccc3Cl)no2)c1=O. The second kappa shape index (κ2) is 8.05. The second-order valence-electron chi connectivity index (χ2n) is 5.72. The molecule has 0 bridgehead atoms. The fourth-order valence-electron chi connectivity index (χ4n) is 2.59. The van der Waals surface area contributed by atoms with Gasteiger partial charge in [0.15, 0.2) is 0 Å². The minimum Gasteiger partial charge on any atom is -0.337 e. The molecule has 0 amide bonds. The first-order valence-electron chi connectivity index (χ1n) is 8.21. The van der Waals surface area contributed by atoms with Gasteiger partial charge in [-0.2, -0.15) is 4.98 Å². The molecule has 28 heavy (non-hydrogen) atoms. The summed E-state index contributed by atoms with van der Waals surface area (Å²) in [6.07, 6.45) is 2.77. The fraction of sp³-hybridized carbons (Fsp3) is 0.167. The molecule has 10 heteroatoms. The van der Waals surface area contributed by atoms with Crippen molar-refractivity contribution in [2.45, 2.75) is 19.6 Å². The van der Waals surface area contributed by atoms with Gasteiger partial charge in [-0.05, 0) is 12.1 Å². The summed E-state index contributed by atoms with van der Waals surface area (Å²) in [6.45, 7) is 6.65. The van der Waals surface area contributed by atoms with Crippen LogP contribution in [-0.2, 0) is 19.6 Å². The van der Waals surface area contributed by atoms with E-state index < -0.39 is 17.1 Å². The molecule has 0 unspecified atom stereocenters. The zero-order chi connectivity index (χ0) is 20.3. The maximum atomic E-state index is 12.6. The Morgan fingerprint density at radius 3 is 2.11 bits per heavy atom. The molecule has 0 aliphatic carbocycles. The summed E-state index contributed by atoms with van der Waals surface area (Å²) in [6, 6.07) is 6.92. The number of hydrogen-bond donors (Lipinski definition) is 0. The van der Waals surface area contributed by atoms with Crippen molar-refractivity contribution in [2.75, 3.05) is 0 Å². The van der Waals surface area contributed by atoms with E-state index in [4.69, 9.17) is 16.1 Å². The Morgan fingerprint density at radius 2 is 1.54 bits per heavy atom. The Morgan fingerprint density at radius 1 is 0.964 bits per heavy atom. The van der Waals surface area contributed by atoms with Crippen LogP contribution in [0.3, 0.4) is 0 Å². The molecule has 0 saturated carbocycles. The van der Waals surface area contributed by atoms with Gasteiger partial charge in [0.05, 0.1) is 18.1 Å². The third kappa shape index (κ3) is 3.52. The summed E-state index contributed by atoms with van der Waals surface area (Å²) < 4.78 is 7.79. The zero-order valence-corrected chi connectivity index (χ0v) is 15.5. The highest BCUT2D eigenvalue weighted by Gasteiger charge is 2.18. The Hall–Kier alpha value is -3.46. The molecule has 1 aromatic carbocycles. The van der Waals surface area contributed by atoms with Crippen LogP contribution >= 0.6 is 11.6 Å². The van der Waals surface area contributed by atoms with Gasteiger partial charge in [0.2, 0.25) is 11.7 Å². The normalized spacial score (nSPS) is 10.8. The topological polar surface area (TPSA) is 105 Å². The van der Waals surface area contributed by atoms with Gasteiger partial charge in [0, 0.05) is 5.56 Å². The summed E-state index contributed by atoms with van der Waals surface area (Å²) in [5.41, 5.74) is -1.79. The molecule has 2 aromatic heterocycles. The summed E-state index contributed by atoms with van der Waals surface area (Å²) >= 11 is 6.12. The van der Waals surface area contributed by atoms with Gasteiger partial charge in [-0.15, -0.1) is 13.2 Å². The van der Waals surface area contributed by atoms with Gasteiger partial charge in [0.25, 0.3) is 0 Å². The molecule has 0 fully saturated rings. The summed E-state index contributed by atoms with van der Waals surface area (Å²) in [4.78, 5) is 41.8. The third-order valence-corrected chi connectivity index (χ3v) is 4.21. The molecular formula is C18H16ClN5O4. The Bertz CT molecular complexity index is 1170. The minimum atomic E-state index is -0.798. The van der Waals surface area contributed by atoms with Gasteiger partial charge >= 0.3 is 17.1 Å². The average Bonchev–Trinajstić information content (AvgIpc) is 3.14. The van der Waals surface area contributed by atoms with E-state index in [0.29, 0.717) is 10.6 Å². The van der Waals surface area contributed by atoms with Crippen molar-refractivity contribution in [2.24, 2.45) is 0 Å². The molecule has 0 atom stereocenters. The van der Waals surface area contributed by atoms with Crippen LogP contribution in [0.25, 0.3) is 11.4 Å². The van der Waals surface area contributed by atoms with E-state index in [9.17, 15) is 14.4 Å². The van der Waals surface area contributed by atoms with Crippen molar-refractivity contribution in [3.8, 4) is 11.4 Å². The van der Waals surface area contributed by atoms with E-state index in [1.54, 1.807) is 24.3 Å². The van der Waals surface area contributed by atoms with Crippen molar-refractivity contribution in [3.05, 3.63) is 91.9 Å². The Kier molecular flexibility index (Phi) is 5.55. The van der Waals surface area contributed by atoms with Crippen LogP contribution in [0.2, 0.25) is 5.02 Å². The highest BCUT2D eigenvalue weighted by Crippen LogP contribution is 2.24. The fourth-order valence-corrected chi connectivity index (χ4v) is 2.81.